The van der Waals surface area contributed by atoms with E-state index in [4.69, 9.17) is 11.6 Å². The van der Waals surface area contributed by atoms with Crippen LogP contribution in [0.5, 0.6) is 0 Å². The summed E-state index contributed by atoms with van der Waals surface area (Å²) in [5.41, 5.74) is 1.09. The number of halogens is 1. The highest BCUT2D eigenvalue weighted by Gasteiger charge is 2.16. The lowest BCUT2D eigenvalue weighted by molar-refractivity contribution is -0.114. The number of carbonyl (C=O) groups is 2. The zero-order valence-electron chi connectivity index (χ0n) is 10.9. The van der Waals surface area contributed by atoms with Crippen molar-refractivity contribution in [2.24, 2.45) is 0 Å². The van der Waals surface area contributed by atoms with Crippen molar-refractivity contribution in [2.75, 3.05) is 10.6 Å². The first-order chi connectivity index (χ1) is 9.47. The summed E-state index contributed by atoms with van der Waals surface area (Å²) in [6.45, 7) is 3.10. The number of amides is 2. The molecule has 0 spiro atoms. The van der Waals surface area contributed by atoms with E-state index in [2.05, 4.69) is 15.6 Å². The first-order valence-corrected chi connectivity index (χ1v) is 6.97. The topological polar surface area (TPSA) is 71.1 Å². The first-order valence-electron chi connectivity index (χ1n) is 5.78. The number of hydrogen-bond acceptors (Lipinski definition) is 4. The van der Waals surface area contributed by atoms with Gasteiger partial charge in [0.15, 0.2) is 5.13 Å². The van der Waals surface area contributed by atoms with Gasteiger partial charge in [-0.1, -0.05) is 35.1 Å². The summed E-state index contributed by atoms with van der Waals surface area (Å²) in [6, 6.07) is 6.97. The van der Waals surface area contributed by atoms with E-state index in [1.54, 1.807) is 31.2 Å². The van der Waals surface area contributed by atoms with Crippen molar-refractivity contribution in [2.45, 2.75) is 13.8 Å². The number of thiazole rings is 1. The molecule has 2 aromatic rings. The van der Waals surface area contributed by atoms with Crippen molar-refractivity contribution in [3.8, 4) is 0 Å². The van der Waals surface area contributed by atoms with Gasteiger partial charge in [0, 0.05) is 6.92 Å². The zero-order chi connectivity index (χ0) is 14.7. The molecule has 0 radical (unpaired) electrons. The third-order valence-corrected chi connectivity index (χ3v) is 3.81. The fourth-order valence-corrected chi connectivity index (χ4v) is 2.64. The highest BCUT2D eigenvalue weighted by atomic mass is 35.5. The predicted molar refractivity (Wildman–Crippen MR) is 80.6 cm³/mol. The van der Waals surface area contributed by atoms with Crippen LogP contribution < -0.4 is 10.6 Å². The third kappa shape index (κ3) is 3.34. The average Bonchev–Trinajstić information content (AvgIpc) is 2.72. The summed E-state index contributed by atoms with van der Waals surface area (Å²) in [4.78, 5) is 27.7. The van der Waals surface area contributed by atoms with Crippen LogP contribution in [0.1, 0.15) is 22.3 Å². The maximum absolute atomic E-state index is 12.2. The van der Waals surface area contributed by atoms with E-state index < -0.39 is 0 Å². The van der Waals surface area contributed by atoms with E-state index >= 15 is 0 Å². The molecule has 1 heterocycles. The van der Waals surface area contributed by atoms with Crippen molar-refractivity contribution in [3.63, 3.8) is 0 Å². The number of aryl methyl sites for hydroxylation is 1. The average molecular weight is 310 g/mol. The van der Waals surface area contributed by atoms with Crippen molar-refractivity contribution < 1.29 is 9.59 Å². The Morgan fingerprint density at radius 1 is 1.25 bits per heavy atom. The van der Waals surface area contributed by atoms with Gasteiger partial charge in [-0.05, 0) is 19.1 Å². The summed E-state index contributed by atoms with van der Waals surface area (Å²) in [6.07, 6.45) is 0. The van der Waals surface area contributed by atoms with E-state index in [0.29, 0.717) is 26.4 Å². The summed E-state index contributed by atoms with van der Waals surface area (Å²) in [5.74, 6) is -0.526. The molecule has 0 saturated heterocycles. The van der Waals surface area contributed by atoms with Crippen LogP contribution in [0.25, 0.3) is 0 Å². The lowest BCUT2D eigenvalue weighted by Gasteiger charge is -2.05. The van der Waals surface area contributed by atoms with Gasteiger partial charge in [-0.3, -0.25) is 9.59 Å². The molecule has 0 unspecified atom stereocenters. The molecule has 104 valence electrons. The molecule has 7 heteroatoms. The van der Waals surface area contributed by atoms with Gasteiger partial charge >= 0.3 is 0 Å². The molecule has 2 N–H and O–H groups in total. The monoisotopic (exact) mass is 309 g/mol. The number of carbonyl (C=O) groups excluding carboxylic acids is 2. The SMILES string of the molecule is CC(=O)Nc1nc(C)c(C(=O)Nc2ccccc2Cl)s1. The fraction of sp³-hybridized carbons (Fsp3) is 0.154. The quantitative estimate of drug-likeness (QED) is 0.913. The summed E-state index contributed by atoms with van der Waals surface area (Å²) in [7, 11) is 0. The largest absolute Gasteiger partial charge is 0.320 e. The van der Waals surface area contributed by atoms with Gasteiger partial charge in [-0.2, -0.15) is 0 Å². The van der Waals surface area contributed by atoms with Crippen LogP contribution in [0.15, 0.2) is 24.3 Å². The maximum atomic E-state index is 12.2. The molecule has 0 atom stereocenters. The van der Waals surface area contributed by atoms with Gasteiger partial charge in [0.25, 0.3) is 5.91 Å². The van der Waals surface area contributed by atoms with Gasteiger partial charge in [0.1, 0.15) is 4.88 Å². The molecule has 20 heavy (non-hydrogen) atoms. The Labute approximate surface area is 125 Å². The third-order valence-electron chi connectivity index (χ3n) is 2.41. The number of para-hydroxylation sites is 1. The van der Waals surface area contributed by atoms with Crippen LogP contribution in [-0.2, 0) is 4.79 Å². The minimum Gasteiger partial charge on any atom is -0.320 e. The molecule has 0 aliphatic carbocycles. The zero-order valence-corrected chi connectivity index (χ0v) is 12.4. The Kier molecular flexibility index (Phi) is 4.36. The van der Waals surface area contributed by atoms with Crippen LogP contribution in [0.2, 0.25) is 5.02 Å². The number of nitrogens with zero attached hydrogens (tertiary/aromatic N) is 1. The van der Waals surface area contributed by atoms with Crippen LogP contribution in [0.3, 0.4) is 0 Å². The molecular weight excluding hydrogens is 298 g/mol. The highest BCUT2D eigenvalue weighted by Crippen LogP contribution is 2.26. The second kappa shape index (κ2) is 6.02. The fourth-order valence-electron chi connectivity index (χ4n) is 1.55. The molecule has 0 aliphatic heterocycles. The highest BCUT2D eigenvalue weighted by molar-refractivity contribution is 7.17. The normalized spacial score (nSPS) is 10.2. The van der Waals surface area contributed by atoms with Gasteiger partial charge in [0.05, 0.1) is 16.4 Å². The molecular formula is C13H12ClN3O2S. The second-order valence-electron chi connectivity index (χ2n) is 4.05. The van der Waals surface area contributed by atoms with Crippen molar-refractivity contribution in [1.29, 1.82) is 0 Å². The number of aromatic nitrogens is 1. The number of nitrogens with one attached hydrogen (secondary N) is 2. The number of hydrogen-bond donors (Lipinski definition) is 2. The van der Waals surface area contributed by atoms with E-state index in [1.165, 1.54) is 6.92 Å². The Hall–Kier alpha value is -1.92. The lowest BCUT2D eigenvalue weighted by Crippen LogP contribution is -2.11. The molecule has 0 bridgehead atoms. The number of rotatable bonds is 3. The van der Waals surface area contributed by atoms with E-state index in [1.807, 2.05) is 0 Å². The molecule has 0 aliphatic rings. The molecule has 0 fully saturated rings. The minimum absolute atomic E-state index is 0.225. The number of benzene rings is 1. The first kappa shape index (κ1) is 14.5. The van der Waals surface area contributed by atoms with Crippen LogP contribution in [-0.4, -0.2) is 16.8 Å². The Balaban J connectivity index is 2.19. The van der Waals surface area contributed by atoms with Gasteiger partial charge in [0.2, 0.25) is 5.91 Å². The lowest BCUT2D eigenvalue weighted by atomic mass is 10.3. The van der Waals surface area contributed by atoms with E-state index in [-0.39, 0.29) is 11.8 Å². The standard InChI is InChI=1S/C13H12ClN3O2S/c1-7-11(20-13(15-7)16-8(2)18)12(19)17-10-6-4-3-5-9(10)14/h3-6H,1-2H3,(H,17,19)(H,15,16,18). The van der Waals surface area contributed by atoms with Crippen LogP contribution >= 0.6 is 22.9 Å². The van der Waals surface area contributed by atoms with Crippen LogP contribution in [0, 0.1) is 6.92 Å². The molecule has 2 amide bonds. The number of anilines is 2. The van der Waals surface area contributed by atoms with Crippen molar-refractivity contribution in [3.05, 3.63) is 39.9 Å². The van der Waals surface area contributed by atoms with Crippen molar-refractivity contribution in [1.82, 2.24) is 4.98 Å². The molecule has 0 saturated carbocycles. The molecule has 2 rings (SSSR count). The van der Waals surface area contributed by atoms with Crippen LogP contribution in [0.4, 0.5) is 10.8 Å². The summed E-state index contributed by atoms with van der Waals surface area (Å²) >= 11 is 7.11. The Morgan fingerprint density at radius 2 is 1.95 bits per heavy atom. The van der Waals surface area contributed by atoms with E-state index in [9.17, 15) is 9.59 Å². The minimum atomic E-state index is -0.301. The molecule has 1 aromatic carbocycles. The maximum Gasteiger partial charge on any atom is 0.267 e. The van der Waals surface area contributed by atoms with Gasteiger partial charge < -0.3 is 10.6 Å². The van der Waals surface area contributed by atoms with E-state index in [0.717, 1.165) is 11.3 Å². The summed E-state index contributed by atoms with van der Waals surface area (Å²) < 4.78 is 0. The molecule has 1 aromatic heterocycles. The van der Waals surface area contributed by atoms with Gasteiger partial charge in [-0.25, -0.2) is 4.98 Å². The second-order valence-corrected chi connectivity index (χ2v) is 5.45. The Bertz CT molecular complexity index is 669. The molecule has 5 nitrogen and oxygen atoms in total. The predicted octanol–water partition coefficient (Wildman–Crippen LogP) is 3.32. The smallest absolute Gasteiger partial charge is 0.267 e. The van der Waals surface area contributed by atoms with Crippen molar-refractivity contribution >= 4 is 45.6 Å². The van der Waals surface area contributed by atoms with Gasteiger partial charge in [-0.15, -0.1) is 0 Å². The Morgan fingerprint density at radius 3 is 2.60 bits per heavy atom. The summed E-state index contributed by atoms with van der Waals surface area (Å²) in [5, 5.41) is 6.14.